The third kappa shape index (κ3) is 4.37. The van der Waals surface area contributed by atoms with E-state index in [0.29, 0.717) is 5.95 Å². The predicted molar refractivity (Wildman–Crippen MR) is 205 cm³/mol. The van der Waals surface area contributed by atoms with E-state index in [1.54, 1.807) is 0 Å². The molecule has 0 unspecified atom stereocenters. The molecule has 0 aliphatic rings. The van der Waals surface area contributed by atoms with Gasteiger partial charge in [-0.2, -0.15) is 0 Å². The van der Waals surface area contributed by atoms with Crippen LogP contribution in [0.1, 0.15) is 0 Å². The van der Waals surface area contributed by atoms with Gasteiger partial charge in [0.1, 0.15) is 11.4 Å². The predicted octanol–water partition coefficient (Wildman–Crippen LogP) is 11.1. The molecule has 5 nitrogen and oxygen atoms in total. The van der Waals surface area contributed by atoms with Gasteiger partial charge in [0, 0.05) is 38.4 Å². The third-order valence-corrected chi connectivity index (χ3v) is 9.67. The van der Waals surface area contributed by atoms with E-state index in [-0.39, 0.29) is 0 Å². The third-order valence-electron chi connectivity index (χ3n) is 9.67. The molecular formula is C45H29N5. The van der Waals surface area contributed by atoms with Crippen molar-refractivity contribution in [2.24, 2.45) is 0 Å². The van der Waals surface area contributed by atoms with Crippen LogP contribution in [-0.2, 0) is 0 Å². The number of nitrogens with zero attached hydrogens (tertiary/aromatic N) is 5. The standard InChI is InChI=1S/C45H29N5/c1-4-15-30(16-5-1)43-44(31-17-6-2-7-18-31)47-48-45(46-43)50-39-25-13-11-22-36(39)42-34(23-14-26-41(42)50)32-27-28-40-37(29-32)35-21-10-12-24-38(35)49(40)33-19-8-3-9-20-33/h1-29H. The highest BCUT2D eigenvalue weighted by Crippen LogP contribution is 2.41. The number of hydrogen-bond acceptors (Lipinski definition) is 3. The van der Waals surface area contributed by atoms with Gasteiger partial charge in [-0.15, -0.1) is 10.2 Å². The molecule has 0 saturated carbocycles. The van der Waals surface area contributed by atoms with Gasteiger partial charge >= 0.3 is 0 Å². The first kappa shape index (κ1) is 28.2. The second kappa shape index (κ2) is 11.4. The Hall–Kier alpha value is -6.85. The summed E-state index contributed by atoms with van der Waals surface area (Å²) >= 11 is 0. The summed E-state index contributed by atoms with van der Waals surface area (Å²) in [5, 5.41) is 14.4. The molecule has 0 atom stereocenters. The van der Waals surface area contributed by atoms with Gasteiger partial charge in [-0.3, -0.25) is 4.57 Å². The first-order valence-corrected chi connectivity index (χ1v) is 16.8. The zero-order chi connectivity index (χ0) is 33.0. The molecule has 10 rings (SSSR count). The van der Waals surface area contributed by atoms with Crippen molar-refractivity contribution in [1.29, 1.82) is 0 Å². The van der Waals surface area contributed by atoms with Crippen LogP contribution in [0.15, 0.2) is 176 Å². The minimum absolute atomic E-state index is 0.535. The van der Waals surface area contributed by atoms with Crippen molar-refractivity contribution in [1.82, 2.24) is 24.3 Å². The largest absolute Gasteiger partial charge is 0.309 e. The number of fused-ring (bicyclic) bond motifs is 6. The second-order valence-electron chi connectivity index (χ2n) is 12.5. The second-order valence-corrected chi connectivity index (χ2v) is 12.5. The van der Waals surface area contributed by atoms with E-state index < -0.39 is 0 Å². The van der Waals surface area contributed by atoms with Gasteiger partial charge in [0.05, 0.1) is 22.1 Å². The van der Waals surface area contributed by atoms with Crippen molar-refractivity contribution in [2.45, 2.75) is 0 Å². The highest BCUT2D eigenvalue weighted by atomic mass is 15.3. The van der Waals surface area contributed by atoms with E-state index in [1.807, 2.05) is 36.4 Å². The maximum Gasteiger partial charge on any atom is 0.255 e. The van der Waals surface area contributed by atoms with Crippen LogP contribution in [0.4, 0.5) is 0 Å². The molecule has 234 valence electrons. The number of benzene rings is 7. The summed E-state index contributed by atoms with van der Waals surface area (Å²) in [6, 6.07) is 61.6. The molecule has 0 saturated heterocycles. The highest BCUT2D eigenvalue weighted by molar-refractivity contribution is 6.17. The minimum Gasteiger partial charge on any atom is -0.309 e. The van der Waals surface area contributed by atoms with Crippen molar-refractivity contribution in [3.8, 4) is 45.3 Å². The Morgan fingerprint density at radius 3 is 1.68 bits per heavy atom. The molecule has 0 spiro atoms. The molecule has 50 heavy (non-hydrogen) atoms. The fourth-order valence-electron chi connectivity index (χ4n) is 7.47. The molecule has 0 N–H and O–H groups in total. The molecule has 10 aromatic rings. The molecule has 7 aromatic carbocycles. The van der Waals surface area contributed by atoms with Gasteiger partial charge in [-0.25, -0.2) is 4.98 Å². The molecule has 3 heterocycles. The van der Waals surface area contributed by atoms with Crippen molar-refractivity contribution in [2.75, 3.05) is 0 Å². The minimum atomic E-state index is 0.535. The number of hydrogen-bond donors (Lipinski definition) is 0. The molecule has 0 radical (unpaired) electrons. The Bertz CT molecular complexity index is 2850. The fraction of sp³-hybridized carbons (Fsp3) is 0. The average Bonchev–Trinajstić information content (AvgIpc) is 3.71. The summed E-state index contributed by atoms with van der Waals surface area (Å²) in [6.07, 6.45) is 0. The summed E-state index contributed by atoms with van der Waals surface area (Å²) in [5.74, 6) is 0.535. The normalized spacial score (nSPS) is 11.6. The summed E-state index contributed by atoms with van der Waals surface area (Å²) in [5.41, 5.74) is 11.4. The van der Waals surface area contributed by atoms with Gasteiger partial charge in [0.2, 0.25) is 0 Å². The molecule has 0 fully saturated rings. The summed E-state index contributed by atoms with van der Waals surface area (Å²) < 4.78 is 4.51. The lowest BCUT2D eigenvalue weighted by atomic mass is 9.98. The van der Waals surface area contributed by atoms with Crippen LogP contribution in [-0.4, -0.2) is 24.3 Å². The van der Waals surface area contributed by atoms with E-state index in [9.17, 15) is 0 Å². The monoisotopic (exact) mass is 639 g/mol. The Morgan fingerprint density at radius 2 is 0.940 bits per heavy atom. The molecule has 0 aliphatic heterocycles. The molecule has 5 heteroatoms. The smallest absolute Gasteiger partial charge is 0.255 e. The van der Waals surface area contributed by atoms with Crippen LogP contribution in [0.3, 0.4) is 0 Å². The van der Waals surface area contributed by atoms with E-state index >= 15 is 0 Å². The lowest BCUT2D eigenvalue weighted by molar-refractivity contribution is 0.897. The summed E-state index contributed by atoms with van der Waals surface area (Å²) in [6.45, 7) is 0. The fourth-order valence-corrected chi connectivity index (χ4v) is 7.47. The zero-order valence-electron chi connectivity index (χ0n) is 27.0. The van der Waals surface area contributed by atoms with Gasteiger partial charge in [-0.1, -0.05) is 133 Å². The Labute approximate surface area is 288 Å². The van der Waals surface area contributed by atoms with Gasteiger partial charge in [0.25, 0.3) is 5.95 Å². The Morgan fingerprint density at radius 1 is 0.360 bits per heavy atom. The van der Waals surface area contributed by atoms with Crippen LogP contribution in [0.2, 0.25) is 0 Å². The van der Waals surface area contributed by atoms with Crippen molar-refractivity contribution in [3.63, 3.8) is 0 Å². The first-order valence-electron chi connectivity index (χ1n) is 16.8. The lowest BCUT2D eigenvalue weighted by Gasteiger charge is -2.12. The van der Waals surface area contributed by atoms with Crippen LogP contribution in [0.5, 0.6) is 0 Å². The summed E-state index contributed by atoms with van der Waals surface area (Å²) in [7, 11) is 0. The highest BCUT2D eigenvalue weighted by Gasteiger charge is 2.21. The van der Waals surface area contributed by atoms with Crippen molar-refractivity contribution in [3.05, 3.63) is 176 Å². The lowest BCUT2D eigenvalue weighted by Crippen LogP contribution is -2.06. The zero-order valence-corrected chi connectivity index (χ0v) is 27.0. The maximum absolute atomic E-state index is 5.26. The average molecular weight is 640 g/mol. The first-order chi connectivity index (χ1) is 24.8. The van der Waals surface area contributed by atoms with E-state index in [2.05, 4.69) is 149 Å². The molecule has 0 aliphatic carbocycles. The van der Waals surface area contributed by atoms with Crippen LogP contribution in [0, 0.1) is 0 Å². The number of aromatic nitrogens is 5. The Kier molecular flexibility index (Phi) is 6.42. The van der Waals surface area contributed by atoms with E-state index in [0.717, 1.165) is 61.1 Å². The van der Waals surface area contributed by atoms with Crippen molar-refractivity contribution >= 4 is 43.6 Å². The van der Waals surface area contributed by atoms with Gasteiger partial charge in [-0.05, 0) is 53.6 Å². The maximum atomic E-state index is 5.26. The number of rotatable bonds is 5. The Balaban J connectivity index is 1.21. The van der Waals surface area contributed by atoms with E-state index in [4.69, 9.17) is 15.2 Å². The summed E-state index contributed by atoms with van der Waals surface area (Å²) in [4.78, 5) is 5.26. The van der Waals surface area contributed by atoms with Crippen LogP contribution >= 0.6 is 0 Å². The van der Waals surface area contributed by atoms with Gasteiger partial charge in [0.15, 0.2) is 0 Å². The molecule has 0 bridgehead atoms. The van der Waals surface area contributed by atoms with Gasteiger partial charge < -0.3 is 4.57 Å². The van der Waals surface area contributed by atoms with Crippen LogP contribution < -0.4 is 0 Å². The molecule has 3 aromatic heterocycles. The van der Waals surface area contributed by atoms with Crippen molar-refractivity contribution < 1.29 is 0 Å². The topological polar surface area (TPSA) is 48.5 Å². The number of para-hydroxylation sites is 3. The van der Waals surface area contributed by atoms with Crippen LogP contribution in [0.25, 0.3) is 88.9 Å². The molecule has 0 amide bonds. The quantitative estimate of drug-likeness (QED) is 0.188. The SMILES string of the molecule is c1ccc(-c2nnc(-n3c4ccccc4c4c(-c5ccc6c(c5)c5ccccc5n6-c5ccccc5)cccc43)nc2-c2ccccc2)cc1. The molecular weight excluding hydrogens is 611 g/mol. The van der Waals surface area contributed by atoms with E-state index in [1.165, 1.54) is 21.8 Å².